The van der Waals surface area contributed by atoms with Crippen LogP contribution in [0, 0.1) is 0 Å². The van der Waals surface area contributed by atoms with Crippen LogP contribution in [0.5, 0.6) is 0 Å². The molecular weight excluding hydrogens is 318 g/mol. The molecule has 1 saturated heterocycles. The number of β-amino-alcohol motifs (C(OH)–C–C–N with tert-alkyl or cyclic N) is 1. The number of aliphatic hydroxyl groups excluding tert-OH is 1. The second-order valence-corrected chi connectivity index (χ2v) is 6.40. The number of furan rings is 1. The molecule has 0 saturated carbocycles. The summed E-state index contributed by atoms with van der Waals surface area (Å²) in [6, 6.07) is 14.1. The average molecular weight is 345 g/mol. The Kier molecular flexibility index (Phi) is 6.64. The molecule has 0 bridgehead atoms. The number of nitrogens with zero attached hydrogens (tertiary/aromatic N) is 1. The third-order valence-electron chi connectivity index (χ3n) is 4.47. The fourth-order valence-corrected chi connectivity index (χ4v) is 3.09. The number of benzene rings is 1. The Balaban J connectivity index is 1.50. The Morgan fingerprint density at radius 2 is 2.08 bits per heavy atom. The van der Waals surface area contributed by atoms with E-state index in [1.807, 2.05) is 42.5 Å². The minimum Gasteiger partial charge on any atom is -0.464 e. The van der Waals surface area contributed by atoms with Crippen molar-refractivity contribution in [2.75, 3.05) is 32.9 Å². The first-order chi connectivity index (χ1) is 12.3. The van der Waals surface area contributed by atoms with Crippen molar-refractivity contribution >= 4 is 0 Å². The Morgan fingerprint density at radius 1 is 1.24 bits per heavy atom. The monoisotopic (exact) mass is 345 g/mol. The maximum Gasteiger partial charge on any atom is 0.123 e. The van der Waals surface area contributed by atoms with Crippen LogP contribution in [-0.2, 0) is 22.5 Å². The SMILES string of the molecule is CCc1ccc(C2COCCN2CC(O)COCc2ccccc2)o1. The number of rotatable bonds is 8. The lowest BCUT2D eigenvalue weighted by molar-refractivity contribution is -0.0507. The van der Waals surface area contributed by atoms with E-state index < -0.39 is 6.10 Å². The van der Waals surface area contributed by atoms with Crippen LogP contribution in [0.25, 0.3) is 0 Å². The van der Waals surface area contributed by atoms with Gasteiger partial charge in [-0.2, -0.15) is 0 Å². The second kappa shape index (κ2) is 9.15. The molecule has 2 heterocycles. The van der Waals surface area contributed by atoms with Crippen LogP contribution < -0.4 is 0 Å². The summed E-state index contributed by atoms with van der Waals surface area (Å²) >= 11 is 0. The Bertz CT molecular complexity index is 628. The highest BCUT2D eigenvalue weighted by Gasteiger charge is 2.28. The smallest absolute Gasteiger partial charge is 0.123 e. The minimum absolute atomic E-state index is 0.0535. The highest BCUT2D eigenvalue weighted by molar-refractivity contribution is 5.13. The molecule has 1 aliphatic rings. The van der Waals surface area contributed by atoms with Gasteiger partial charge in [-0.3, -0.25) is 4.90 Å². The van der Waals surface area contributed by atoms with E-state index in [0.717, 1.165) is 30.0 Å². The van der Waals surface area contributed by atoms with Crippen LogP contribution in [0.15, 0.2) is 46.9 Å². The van der Waals surface area contributed by atoms with Crippen LogP contribution in [0.3, 0.4) is 0 Å². The van der Waals surface area contributed by atoms with Crippen molar-refractivity contribution < 1.29 is 19.0 Å². The first-order valence-electron chi connectivity index (χ1n) is 8.96. The predicted molar refractivity (Wildman–Crippen MR) is 95.3 cm³/mol. The van der Waals surface area contributed by atoms with Gasteiger partial charge in [-0.15, -0.1) is 0 Å². The molecule has 25 heavy (non-hydrogen) atoms. The molecule has 0 aliphatic carbocycles. The van der Waals surface area contributed by atoms with Crippen LogP contribution in [0.1, 0.15) is 30.0 Å². The van der Waals surface area contributed by atoms with Crippen molar-refractivity contribution in [1.29, 1.82) is 0 Å². The van der Waals surface area contributed by atoms with E-state index in [4.69, 9.17) is 13.9 Å². The Hall–Kier alpha value is -1.66. The molecule has 5 nitrogen and oxygen atoms in total. The number of aliphatic hydroxyl groups is 1. The third-order valence-corrected chi connectivity index (χ3v) is 4.47. The number of aryl methyl sites for hydroxylation is 1. The van der Waals surface area contributed by atoms with Crippen molar-refractivity contribution in [3.63, 3.8) is 0 Å². The Labute approximate surface area is 149 Å². The molecule has 2 unspecified atom stereocenters. The zero-order valence-corrected chi connectivity index (χ0v) is 14.8. The molecule has 0 radical (unpaired) electrons. The largest absolute Gasteiger partial charge is 0.464 e. The fraction of sp³-hybridized carbons (Fsp3) is 0.500. The van der Waals surface area contributed by atoms with Gasteiger partial charge in [0.15, 0.2) is 0 Å². The van der Waals surface area contributed by atoms with Crippen molar-refractivity contribution in [3.8, 4) is 0 Å². The molecule has 1 N–H and O–H groups in total. The van der Waals surface area contributed by atoms with Gasteiger partial charge in [-0.05, 0) is 17.7 Å². The van der Waals surface area contributed by atoms with E-state index in [2.05, 4.69) is 11.8 Å². The summed E-state index contributed by atoms with van der Waals surface area (Å²) < 4.78 is 17.2. The summed E-state index contributed by atoms with van der Waals surface area (Å²) in [4.78, 5) is 2.22. The lowest BCUT2D eigenvalue weighted by Gasteiger charge is -2.35. The average Bonchev–Trinajstić information content (AvgIpc) is 3.12. The molecule has 3 rings (SSSR count). The van der Waals surface area contributed by atoms with Gasteiger partial charge in [0.05, 0.1) is 38.6 Å². The van der Waals surface area contributed by atoms with Gasteiger partial charge < -0.3 is 19.0 Å². The number of morpholine rings is 1. The molecule has 5 heteroatoms. The lowest BCUT2D eigenvalue weighted by atomic mass is 10.1. The molecule has 1 aromatic carbocycles. The van der Waals surface area contributed by atoms with Crippen molar-refractivity contribution in [2.24, 2.45) is 0 Å². The molecule has 0 spiro atoms. The maximum atomic E-state index is 10.4. The third kappa shape index (κ3) is 5.16. The lowest BCUT2D eigenvalue weighted by Crippen LogP contribution is -2.44. The van der Waals surface area contributed by atoms with E-state index in [0.29, 0.717) is 33.0 Å². The highest BCUT2D eigenvalue weighted by Crippen LogP contribution is 2.26. The minimum atomic E-state index is -0.537. The van der Waals surface area contributed by atoms with Gasteiger partial charge in [0.2, 0.25) is 0 Å². The van der Waals surface area contributed by atoms with Crippen LogP contribution >= 0.6 is 0 Å². The summed E-state index contributed by atoms with van der Waals surface area (Å²) in [5.74, 6) is 1.89. The van der Waals surface area contributed by atoms with E-state index in [9.17, 15) is 5.11 Å². The predicted octanol–water partition coefficient (Wildman–Crippen LogP) is 2.79. The standard InChI is InChI=1S/C20H27NO4/c1-2-18-8-9-20(25-18)19-15-23-11-10-21(19)12-17(22)14-24-13-16-6-4-3-5-7-16/h3-9,17,19,22H,2,10-15H2,1H3. The van der Waals surface area contributed by atoms with Gasteiger partial charge >= 0.3 is 0 Å². The molecular formula is C20H27NO4. The van der Waals surface area contributed by atoms with E-state index >= 15 is 0 Å². The van der Waals surface area contributed by atoms with E-state index in [1.54, 1.807) is 0 Å². The fourth-order valence-electron chi connectivity index (χ4n) is 3.09. The van der Waals surface area contributed by atoms with Gasteiger partial charge in [-0.1, -0.05) is 37.3 Å². The van der Waals surface area contributed by atoms with Crippen molar-refractivity contribution in [3.05, 3.63) is 59.5 Å². The first-order valence-corrected chi connectivity index (χ1v) is 8.96. The summed E-state index contributed by atoms with van der Waals surface area (Å²) in [6.45, 7) is 5.50. The van der Waals surface area contributed by atoms with E-state index in [-0.39, 0.29) is 6.04 Å². The highest BCUT2D eigenvalue weighted by atomic mass is 16.5. The summed E-state index contributed by atoms with van der Waals surface area (Å²) in [5.41, 5.74) is 1.11. The number of hydrogen-bond acceptors (Lipinski definition) is 5. The number of ether oxygens (including phenoxy) is 2. The molecule has 136 valence electrons. The van der Waals surface area contributed by atoms with Crippen LogP contribution in [0.2, 0.25) is 0 Å². The summed E-state index contributed by atoms with van der Waals surface area (Å²) in [5, 5.41) is 10.4. The quantitative estimate of drug-likeness (QED) is 0.797. The van der Waals surface area contributed by atoms with E-state index in [1.165, 1.54) is 0 Å². The van der Waals surface area contributed by atoms with Gasteiger partial charge in [0, 0.05) is 19.5 Å². The van der Waals surface area contributed by atoms with Gasteiger partial charge in [0.25, 0.3) is 0 Å². The Morgan fingerprint density at radius 3 is 2.84 bits per heavy atom. The molecule has 1 aromatic heterocycles. The van der Waals surface area contributed by atoms with Crippen LogP contribution in [-0.4, -0.2) is 49.0 Å². The molecule has 1 aliphatic heterocycles. The van der Waals surface area contributed by atoms with Gasteiger partial charge in [0.1, 0.15) is 11.5 Å². The van der Waals surface area contributed by atoms with Crippen LogP contribution in [0.4, 0.5) is 0 Å². The zero-order chi connectivity index (χ0) is 17.5. The van der Waals surface area contributed by atoms with Gasteiger partial charge in [-0.25, -0.2) is 0 Å². The normalized spacial score (nSPS) is 19.8. The second-order valence-electron chi connectivity index (χ2n) is 6.40. The molecule has 1 fully saturated rings. The molecule has 0 amide bonds. The van der Waals surface area contributed by atoms with Crippen molar-refractivity contribution in [2.45, 2.75) is 32.1 Å². The maximum absolute atomic E-state index is 10.4. The topological polar surface area (TPSA) is 55.1 Å². The summed E-state index contributed by atoms with van der Waals surface area (Å²) in [7, 11) is 0. The molecule has 2 aromatic rings. The molecule has 2 atom stereocenters. The van der Waals surface area contributed by atoms with Crippen molar-refractivity contribution in [1.82, 2.24) is 4.90 Å². The first kappa shape index (κ1) is 18.1. The zero-order valence-electron chi connectivity index (χ0n) is 14.8. The number of hydrogen-bond donors (Lipinski definition) is 1. The summed E-state index contributed by atoms with van der Waals surface area (Å²) in [6.07, 6.45) is 0.341.